The number of thiophene rings is 1. The smallest absolute Gasteiger partial charge is 0.256 e. The number of anilines is 2. The van der Waals surface area contributed by atoms with Gasteiger partial charge in [0.1, 0.15) is 5.76 Å². The minimum Gasteiger partial charge on any atom is -0.441 e. The Labute approximate surface area is 158 Å². The van der Waals surface area contributed by atoms with Crippen LogP contribution in [-0.2, 0) is 0 Å². The summed E-state index contributed by atoms with van der Waals surface area (Å²) < 4.78 is 6.38. The Morgan fingerprint density at radius 2 is 2.15 bits per heavy atom. The maximum absolute atomic E-state index is 12.5. The van der Waals surface area contributed by atoms with Crippen molar-refractivity contribution in [3.05, 3.63) is 47.9 Å². The Hall–Kier alpha value is -3.17. The summed E-state index contributed by atoms with van der Waals surface area (Å²) in [6, 6.07) is 8.91. The van der Waals surface area contributed by atoms with Gasteiger partial charge in [-0.25, -0.2) is 4.98 Å². The van der Waals surface area contributed by atoms with Crippen molar-refractivity contribution in [2.45, 2.75) is 6.92 Å². The minimum atomic E-state index is -0.251. The summed E-state index contributed by atoms with van der Waals surface area (Å²) in [5.41, 5.74) is 2.16. The van der Waals surface area contributed by atoms with Gasteiger partial charge in [-0.3, -0.25) is 9.89 Å². The van der Waals surface area contributed by atoms with Gasteiger partial charge in [0.05, 0.1) is 27.9 Å². The molecule has 0 fully saturated rings. The lowest BCUT2D eigenvalue weighted by Crippen LogP contribution is -2.12. The van der Waals surface area contributed by atoms with Gasteiger partial charge in [0, 0.05) is 17.8 Å². The molecule has 4 rings (SSSR count). The molecule has 0 unspecified atom stereocenters. The van der Waals surface area contributed by atoms with E-state index in [1.165, 1.54) is 11.3 Å². The SMILES string of the molecule is Cc1cnc(-c2cc3[nH]nc(NC(=O)c4ccc(NCCO)cc4)c3s2)o1. The van der Waals surface area contributed by atoms with Gasteiger partial charge in [0.15, 0.2) is 5.82 Å². The summed E-state index contributed by atoms with van der Waals surface area (Å²) in [6.45, 7) is 2.35. The molecule has 3 aromatic heterocycles. The summed E-state index contributed by atoms with van der Waals surface area (Å²) in [5, 5.41) is 21.8. The summed E-state index contributed by atoms with van der Waals surface area (Å²) in [7, 11) is 0. The summed E-state index contributed by atoms with van der Waals surface area (Å²) in [4.78, 5) is 17.6. The molecule has 1 aromatic carbocycles. The molecule has 0 aliphatic heterocycles. The van der Waals surface area contributed by atoms with Crippen molar-refractivity contribution in [2.75, 3.05) is 23.8 Å². The molecule has 0 spiro atoms. The number of aromatic nitrogens is 3. The van der Waals surface area contributed by atoms with Crippen molar-refractivity contribution in [3.63, 3.8) is 0 Å². The van der Waals surface area contributed by atoms with E-state index in [2.05, 4.69) is 25.8 Å². The number of aromatic amines is 1. The van der Waals surface area contributed by atoms with Crippen molar-refractivity contribution in [2.24, 2.45) is 0 Å². The second kappa shape index (κ2) is 7.22. The third kappa shape index (κ3) is 3.55. The zero-order valence-corrected chi connectivity index (χ0v) is 15.3. The van der Waals surface area contributed by atoms with E-state index in [0.29, 0.717) is 23.8 Å². The van der Waals surface area contributed by atoms with Gasteiger partial charge in [-0.15, -0.1) is 11.3 Å². The van der Waals surface area contributed by atoms with E-state index in [4.69, 9.17) is 9.52 Å². The number of aryl methyl sites for hydroxylation is 1. The van der Waals surface area contributed by atoms with Crippen molar-refractivity contribution in [1.82, 2.24) is 15.2 Å². The topological polar surface area (TPSA) is 116 Å². The van der Waals surface area contributed by atoms with Crippen molar-refractivity contribution in [3.8, 4) is 10.8 Å². The second-order valence-electron chi connectivity index (χ2n) is 5.88. The Balaban J connectivity index is 1.52. The van der Waals surface area contributed by atoms with Crippen LogP contribution in [0.25, 0.3) is 21.0 Å². The van der Waals surface area contributed by atoms with E-state index in [-0.39, 0.29) is 12.5 Å². The van der Waals surface area contributed by atoms with E-state index in [0.717, 1.165) is 26.5 Å². The van der Waals surface area contributed by atoms with Crippen LogP contribution in [0.5, 0.6) is 0 Å². The molecule has 9 heteroatoms. The number of aliphatic hydroxyl groups excluding tert-OH is 1. The number of hydrogen-bond donors (Lipinski definition) is 4. The molecule has 1 amide bonds. The molecule has 0 aliphatic carbocycles. The van der Waals surface area contributed by atoms with Crippen molar-refractivity contribution in [1.29, 1.82) is 0 Å². The van der Waals surface area contributed by atoms with E-state index in [1.807, 2.05) is 13.0 Å². The normalized spacial score (nSPS) is 11.0. The fraction of sp³-hybridized carbons (Fsp3) is 0.167. The van der Waals surface area contributed by atoms with Crippen LogP contribution < -0.4 is 10.6 Å². The molecule has 138 valence electrons. The number of carbonyl (C=O) groups excluding carboxylic acids is 1. The number of fused-ring (bicyclic) bond motifs is 1. The first-order valence-electron chi connectivity index (χ1n) is 8.31. The Morgan fingerprint density at radius 1 is 1.33 bits per heavy atom. The molecule has 0 saturated carbocycles. The number of carbonyl (C=O) groups is 1. The molecule has 8 nitrogen and oxygen atoms in total. The monoisotopic (exact) mass is 383 g/mol. The van der Waals surface area contributed by atoms with Gasteiger partial charge < -0.3 is 20.2 Å². The first-order chi connectivity index (χ1) is 13.1. The largest absolute Gasteiger partial charge is 0.441 e. The highest BCUT2D eigenvalue weighted by molar-refractivity contribution is 7.22. The van der Waals surface area contributed by atoms with E-state index in [9.17, 15) is 4.79 Å². The zero-order chi connectivity index (χ0) is 18.8. The third-order valence-electron chi connectivity index (χ3n) is 3.89. The number of aliphatic hydroxyl groups is 1. The lowest BCUT2D eigenvalue weighted by molar-refractivity contribution is 0.102. The van der Waals surface area contributed by atoms with Crippen molar-refractivity contribution >= 4 is 39.0 Å². The van der Waals surface area contributed by atoms with E-state index >= 15 is 0 Å². The maximum atomic E-state index is 12.5. The first-order valence-corrected chi connectivity index (χ1v) is 9.12. The summed E-state index contributed by atoms with van der Waals surface area (Å²) in [6.07, 6.45) is 1.67. The van der Waals surface area contributed by atoms with Gasteiger partial charge in [-0.2, -0.15) is 5.10 Å². The predicted octanol–water partition coefficient (Wildman–Crippen LogP) is 3.24. The number of benzene rings is 1. The average Bonchev–Trinajstić information content (AvgIpc) is 3.37. The maximum Gasteiger partial charge on any atom is 0.256 e. The first kappa shape index (κ1) is 17.3. The number of H-pyrrole nitrogens is 1. The Morgan fingerprint density at radius 3 is 2.85 bits per heavy atom. The molecule has 0 atom stereocenters. The van der Waals surface area contributed by atoms with Gasteiger partial charge in [0.2, 0.25) is 5.89 Å². The quantitative estimate of drug-likeness (QED) is 0.406. The zero-order valence-electron chi connectivity index (χ0n) is 14.4. The van der Waals surface area contributed by atoms with Crippen LogP contribution in [0.15, 0.2) is 40.9 Å². The standard InChI is InChI=1S/C18H17N5O3S/c1-10-9-20-18(26-10)14-8-13-15(27-14)16(23-22-13)21-17(25)11-2-4-12(5-3-11)19-6-7-24/h2-5,8-9,19,24H,6-7H2,1H3,(H2,21,22,23,25). The average molecular weight is 383 g/mol. The van der Waals surface area contributed by atoms with Crippen LogP contribution in [0, 0.1) is 6.92 Å². The highest BCUT2D eigenvalue weighted by Gasteiger charge is 2.16. The van der Waals surface area contributed by atoms with Gasteiger partial charge >= 0.3 is 0 Å². The van der Waals surface area contributed by atoms with Crippen LogP contribution in [0.4, 0.5) is 11.5 Å². The lowest BCUT2D eigenvalue weighted by atomic mass is 10.2. The number of nitrogens with zero attached hydrogens (tertiary/aromatic N) is 2. The van der Waals surface area contributed by atoms with Crippen LogP contribution in [0.3, 0.4) is 0 Å². The molecule has 4 N–H and O–H groups in total. The number of rotatable bonds is 6. The fourth-order valence-electron chi connectivity index (χ4n) is 2.60. The molecule has 0 radical (unpaired) electrons. The molecule has 0 bridgehead atoms. The Bertz CT molecular complexity index is 1080. The van der Waals surface area contributed by atoms with Crippen LogP contribution >= 0.6 is 11.3 Å². The second-order valence-corrected chi connectivity index (χ2v) is 6.94. The Kier molecular flexibility index (Phi) is 4.61. The molecule has 0 aliphatic rings. The molecule has 4 aromatic rings. The van der Waals surface area contributed by atoms with Crippen molar-refractivity contribution < 1.29 is 14.3 Å². The molecular weight excluding hydrogens is 366 g/mol. The van der Waals surface area contributed by atoms with Gasteiger partial charge in [-0.05, 0) is 37.3 Å². The highest BCUT2D eigenvalue weighted by atomic mass is 32.1. The van der Waals surface area contributed by atoms with Crippen LogP contribution in [0.1, 0.15) is 16.1 Å². The third-order valence-corrected chi connectivity index (χ3v) is 5.02. The summed E-state index contributed by atoms with van der Waals surface area (Å²) in [5.74, 6) is 1.51. The molecule has 27 heavy (non-hydrogen) atoms. The lowest BCUT2D eigenvalue weighted by Gasteiger charge is -2.06. The molecule has 0 saturated heterocycles. The predicted molar refractivity (Wildman–Crippen MR) is 104 cm³/mol. The van der Waals surface area contributed by atoms with Gasteiger partial charge in [-0.1, -0.05) is 0 Å². The van der Waals surface area contributed by atoms with Gasteiger partial charge in [0.25, 0.3) is 5.91 Å². The molecule has 3 heterocycles. The van der Waals surface area contributed by atoms with E-state index < -0.39 is 0 Å². The number of oxazole rings is 1. The number of nitrogens with one attached hydrogen (secondary N) is 3. The number of amides is 1. The summed E-state index contributed by atoms with van der Waals surface area (Å²) >= 11 is 1.45. The highest BCUT2D eigenvalue weighted by Crippen LogP contribution is 2.36. The fourth-order valence-corrected chi connectivity index (χ4v) is 3.58. The number of hydrogen-bond acceptors (Lipinski definition) is 7. The molecular formula is C18H17N5O3S. The van der Waals surface area contributed by atoms with Crippen LogP contribution in [-0.4, -0.2) is 39.3 Å². The van der Waals surface area contributed by atoms with E-state index in [1.54, 1.807) is 30.5 Å². The van der Waals surface area contributed by atoms with Crippen LogP contribution in [0.2, 0.25) is 0 Å². The minimum absolute atomic E-state index is 0.0489.